The maximum atomic E-state index is 14.0. The van der Waals surface area contributed by atoms with Crippen LogP contribution in [0, 0.1) is 13.8 Å². The number of fused-ring (bicyclic) bond motifs is 8. The SMILES string of the molecule is Cc1ccc2c(c1)nc1c3cccc4c(-c5ccc6c7c5cccc7c(=O)n5c7ccc(C)cc7nc65)ccc(c(=O)n21)c43. The van der Waals surface area contributed by atoms with Crippen molar-refractivity contribution in [1.82, 2.24) is 18.8 Å². The summed E-state index contributed by atoms with van der Waals surface area (Å²) in [4.78, 5) is 37.8. The Labute approximate surface area is 248 Å². The molecule has 0 saturated heterocycles. The smallest absolute Gasteiger partial charge is 0.264 e. The average Bonchev–Trinajstić information content (AvgIpc) is 3.60. The third-order valence-corrected chi connectivity index (χ3v) is 9.34. The van der Waals surface area contributed by atoms with E-state index in [1.807, 2.05) is 80.6 Å². The molecule has 6 heteroatoms. The Kier molecular flexibility index (Phi) is 4.27. The van der Waals surface area contributed by atoms with Crippen LogP contribution in [-0.2, 0) is 0 Å². The zero-order chi connectivity index (χ0) is 29.4. The van der Waals surface area contributed by atoms with Gasteiger partial charge in [0.25, 0.3) is 11.1 Å². The van der Waals surface area contributed by atoms with Crippen molar-refractivity contribution in [1.29, 1.82) is 0 Å². The molecule has 0 atom stereocenters. The Morgan fingerprint density at radius 2 is 0.909 bits per heavy atom. The molecule has 0 amide bonds. The molecule has 10 aromatic rings. The number of rotatable bonds is 1. The second-order valence-electron chi connectivity index (χ2n) is 11.9. The van der Waals surface area contributed by atoms with Gasteiger partial charge in [0.1, 0.15) is 11.3 Å². The summed E-state index contributed by atoms with van der Waals surface area (Å²) in [6.07, 6.45) is 0. The first-order valence-corrected chi connectivity index (χ1v) is 14.7. The maximum Gasteiger partial charge on any atom is 0.264 e. The molecule has 10 rings (SSSR count). The molecule has 206 valence electrons. The van der Waals surface area contributed by atoms with E-state index >= 15 is 0 Å². The van der Waals surface area contributed by atoms with E-state index in [-0.39, 0.29) is 11.1 Å². The van der Waals surface area contributed by atoms with Gasteiger partial charge in [-0.3, -0.25) is 18.4 Å². The van der Waals surface area contributed by atoms with Gasteiger partial charge >= 0.3 is 0 Å². The molecule has 0 aliphatic rings. The van der Waals surface area contributed by atoms with Crippen molar-refractivity contribution in [2.45, 2.75) is 13.8 Å². The molecule has 4 heterocycles. The summed E-state index contributed by atoms with van der Waals surface area (Å²) in [7, 11) is 0. The van der Waals surface area contributed by atoms with Crippen LogP contribution in [0.2, 0.25) is 0 Å². The number of aromatic nitrogens is 4. The van der Waals surface area contributed by atoms with Gasteiger partial charge in [-0.05, 0) is 89.3 Å². The molecule has 0 saturated carbocycles. The molecule has 0 aliphatic heterocycles. The monoisotopic (exact) mass is 566 g/mol. The van der Waals surface area contributed by atoms with Crippen LogP contribution in [0.3, 0.4) is 0 Å². The Morgan fingerprint density at radius 1 is 0.477 bits per heavy atom. The summed E-state index contributed by atoms with van der Waals surface area (Å²) in [5.74, 6) is 0. The molecule has 0 unspecified atom stereocenters. The topological polar surface area (TPSA) is 68.7 Å². The molecule has 6 aromatic carbocycles. The largest absolute Gasteiger partial charge is 0.268 e. The van der Waals surface area contributed by atoms with E-state index in [0.29, 0.717) is 22.1 Å². The summed E-state index contributed by atoms with van der Waals surface area (Å²) < 4.78 is 3.49. The van der Waals surface area contributed by atoms with E-state index < -0.39 is 0 Å². The Morgan fingerprint density at radius 3 is 1.45 bits per heavy atom. The Balaban J connectivity index is 1.33. The fourth-order valence-electron chi connectivity index (χ4n) is 7.41. The molecule has 0 bridgehead atoms. The molecule has 6 nitrogen and oxygen atoms in total. The first kappa shape index (κ1) is 23.7. The maximum absolute atomic E-state index is 14.0. The lowest BCUT2D eigenvalue weighted by molar-refractivity contribution is 1.19. The molecule has 44 heavy (non-hydrogen) atoms. The van der Waals surface area contributed by atoms with E-state index in [2.05, 4.69) is 30.3 Å². The fraction of sp³-hybridized carbons (Fsp3) is 0.0526. The number of aryl methyl sites for hydroxylation is 2. The van der Waals surface area contributed by atoms with Gasteiger partial charge in [-0.1, -0.05) is 54.6 Å². The highest BCUT2D eigenvalue weighted by Crippen LogP contribution is 2.41. The van der Waals surface area contributed by atoms with E-state index in [0.717, 1.165) is 76.6 Å². The predicted octanol–water partition coefficient (Wildman–Crippen LogP) is 7.78. The minimum atomic E-state index is -0.0711. The molecule has 0 N–H and O–H groups in total. The standard InChI is InChI=1S/C38H22N4O2/c1-19-9-15-31-29(17-19)39-35-25-7-3-5-23-22(12-14-28(33(23)25)38(44)41(31)35)21-11-13-26-34-24(21)6-4-8-27(34)37(43)42-32-16-10-20(2)18-30(32)40-36(26)42/h3-18H,1-2H3. The zero-order valence-corrected chi connectivity index (χ0v) is 23.8. The van der Waals surface area contributed by atoms with Gasteiger partial charge in [0, 0.05) is 32.3 Å². The van der Waals surface area contributed by atoms with Crippen LogP contribution < -0.4 is 11.1 Å². The van der Waals surface area contributed by atoms with Crippen molar-refractivity contribution in [3.05, 3.63) is 129 Å². The fourth-order valence-corrected chi connectivity index (χ4v) is 7.41. The lowest BCUT2D eigenvalue weighted by Gasteiger charge is -2.15. The summed E-state index contributed by atoms with van der Waals surface area (Å²) in [5.41, 5.74) is 8.67. The van der Waals surface area contributed by atoms with Crippen molar-refractivity contribution in [3.63, 3.8) is 0 Å². The number of nitrogens with zero attached hydrogens (tertiary/aromatic N) is 4. The first-order chi connectivity index (χ1) is 21.5. The van der Waals surface area contributed by atoms with Crippen LogP contribution in [0.1, 0.15) is 11.1 Å². The summed E-state index contributed by atoms with van der Waals surface area (Å²) in [5, 5.41) is 6.97. The normalized spacial score (nSPS) is 12.5. The van der Waals surface area contributed by atoms with Crippen molar-refractivity contribution in [2.75, 3.05) is 0 Å². The van der Waals surface area contributed by atoms with Crippen molar-refractivity contribution < 1.29 is 0 Å². The lowest BCUT2D eigenvalue weighted by atomic mass is 9.90. The van der Waals surface area contributed by atoms with Crippen molar-refractivity contribution in [2.24, 2.45) is 0 Å². The van der Waals surface area contributed by atoms with Crippen LogP contribution in [0.5, 0.6) is 0 Å². The highest BCUT2D eigenvalue weighted by Gasteiger charge is 2.21. The quantitative estimate of drug-likeness (QED) is 0.203. The van der Waals surface area contributed by atoms with E-state index in [1.54, 1.807) is 8.80 Å². The van der Waals surface area contributed by atoms with Gasteiger partial charge in [0.2, 0.25) is 0 Å². The van der Waals surface area contributed by atoms with Gasteiger partial charge < -0.3 is 0 Å². The number of hydrogen-bond acceptors (Lipinski definition) is 4. The molecule has 0 aliphatic carbocycles. The summed E-state index contributed by atoms with van der Waals surface area (Å²) in [6.45, 7) is 4.07. The highest BCUT2D eigenvalue weighted by molar-refractivity contribution is 6.24. The van der Waals surface area contributed by atoms with E-state index in [9.17, 15) is 9.59 Å². The molecule has 4 aromatic heterocycles. The molecular weight excluding hydrogens is 544 g/mol. The molecule has 0 fully saturated rings. The van der Waals surface area contributed by atoms with Gasteiger partial charge in [0.05, 0.1) is 22.1 Å². The van der Waals surface area contributed by atoms with Crippen LogP contribution in [-0.4, -0.2) is 18.8 Å². The highest BCUT2D eigenvalue weighted by atomic mass is 16.1. The minimum Gasteiger partial charge on any atom is -0.268 e. The van der Waals surface area contributed by atoms with Crippen LogP contribution in [0.15, 0.2) is 107 Å². The van der Waals surface area contributed by atoms with Crippen LogP contribution in [0.4, 0.5) is 0 Å². The molecular formula is C38H22N4O2. The Bertz CT molecular complexity index is 2850. The van der Waals surface area contributed by atoms with E-state index in [1.165, 1.54) is 0 Å². The van der Waals surface area contributed by atoms with Gasteiger partial charge in [0.15, 0.2) is 0 Å². The average molecular weight is 567 g/mol. The molecule has 0 spiro atoms. The second kappa shape index (κ2) is 7.94. The second-order valence-corrected chi connectivity index (χ2v) is 11.9. The van der Waals surface area contributed by atoms with E-state index in [4.69, 9.17) is 9.97 Å². The van der Waals surface area contributed by atoms with Gasteiger partial charge in [-0.2, -0.15) is 0 Å². The number of imidazole rings is 2. The predicted molar refractivity (Wildman–Crippen MR) is 179 cm³/mol. The van der Waals surface area contributed by atoms with Crippen molar-refractivity contribution >= 4 is 76.5 Å². The number of benzene rings is 6. The number of hydrogen-bond donors (Lipinski definition) is 0. The van der Waals surface area contributed by atoms with Crippen LogP contribution >= 0.6 is 0 Å². The minimum absolute atomic E-state index is 0.0711. The van der Waals surface area contributed by atoms with Crippen LogP contribution in [0.25, 0.3) is 87.6 Å². The summed E-state index contributed by atoms with van der Waals surface area (Å²) in [6, 6.07) is 32.3. The van der Waals surface area contributed by atoms with Gasteiger partial charge in [-0.15, -0.1) is 0 Å². The zero-order valence-electron chi connectivity index (χ0n) is 23.8. The number of pyridine rings is 2. The van der Waals surface area contributed by atoms with Crippen molar-refractivity contribution in [3.8, 4) is 11.1 Å². The third-order valence-electron chi connectivity index (χ3n) is 9.34. The molecule has 0 radical (unpaired) electrons. The third kappa shape index (κ3) is 2.80. The summed E-state index contributed by atoms with van der Waals surface area (Å²) >= 11 is 0. The first-order valence-electron chi connectivity index (χ1n) is 14.7. The Hall–Kier alpha value is -5.88. The van der Waals surface area contributed by atoms with Gasteiger partial charge in [-0.25, -0.2) is 9.97 Å². The lowest BCUT2D eigenvalue weighted by Crippen LogP contribution is -2.13.